The summed E-state index contributed by atoms with van der Waals surface area (Å²) < 4.78 is 13.6. The summed E-state index contributed by atoms with van der Waals surface area (Å²) in [5, 5.41) is 9.71. The van der Waals surface area contributed by atoms with Gasteiger partial charge in [-0.1, -0.05) is 18.2 Å². The van der Waals surface area contributed by atoms with Crippen LogP contribution in [0.2, 0.25) is 0 Å². The van der Waals surface area contributed by atoms with Gasteiger partial charge in [0.2, 0.25) is 5.91 Å². The lowest BCUT2D eigenvalue weighted by Crippen LogP contribution is -2.29. The van der Waals surface area contributed by atoms with Crippen molar-refractivity contribution in [3.63, 3.8) is 0 Å². The number of H-pyrrole nitrogens is 1. The molecule has 122 valence electrons. The van der Waals surface area contributed by atoms with Crippen LogP contribution in [0, 0.1) is 5.82 Å². The van der Waals surface area contributed by atoms with Gasteiger partial charge in [-0.3, -0.25) is 14.9 Å². The monoisotopic (exact) mass is 325 g/mol. The zero-order valence-electron chi connectivity index (χ0n) is 13.0. The molecule has 0 bridgehead atoms. The number of pyridine rings is 1. The van der Waals surface area contributed by atoms with Gasteiger partial charge in [0.25, 0.3) is 0 Å². The molecule has 2 N–H and O–H groups in total. The third-order valence-electron chi connectivity index (χ3n) is 3.52. The number of hydrogen-bond donors (Lipinski definition) is 2. The summed E-state index contributed by atoms with van der Waals surface area (Å²) in [7, 11) is 0. The number of rotatable bonds is 5. The fourth-order valence-electron chi connectivity index (χ4n) is 2.27. The maximum Gasteiger partial charge on any atom is 0.225 e. The molecule has 0 aliphatic carbocycles. The Morgan fingerprint density at radius 3 is 2.88 bits per heavy atom. The first-order valence-corrected chi connectivity index (χ1v) is 7.49. The van der Waals surface area contributed by atoms with Gasteiger partial charge < -0.3 is 5.32 Å². The summed E-state index contributed by atoms with van der Waals surface area (Å²) in [6.07, 6.45) is 3.30. The molecule has 0 saturated carbocycles. The number of carbonyl (C=O) groups is 1. The Morgan fingerprint density at radius 2 is 2.12 bits per heavy atom. The summed E-state index contributed by atoms with van der Waals surface area (Å²) in [4.78, 5) is 20.5. The van der Waals surface area contributed by atoms with E-state index in [4.69, 9.17) is 0 Å². The van der Waals surface area contributed by atoms with Crippen LogP contribution in [0.3, 0.4) is 0 Å². The van der Waals surface area contributed by atoms with Gasteiger partial charge in [-0.2, -0.15) is 5.10 Å². The van der Waals surface area contributed by atoms with Crippen LogP contribution in [-0.2, 0) is 11.2 Å². The van der Waals surface area contributed by atoms with Crippen molar-refractivity contribution in [2.24, 2.45) is 0 Å². The Bertz CT molecular complexity index is 834. The molecule has 3 rings (SSSR count). The Balaban J connectivity index is 1.65. The summed E-state index contributed by atoms with van der Waals surface area (Å²) in [5.41, 5.74) is 1.14. The second-order valence-corrected chi connectivity index (χ2v) is 5.34. The molecule has 0 aliphatic heterocycles. The van der Waals surface area contributed by atoms with Gasteiger partial charge in [0, 0.05) is 18.0 Å². The lowest BCUT2D eigenvalue weighted by atomic mass is 10.1. The lowest BCUT2D eigenvalue weighted by Gasteiger charge is -2.11. The van der Waals surface area contributed by atoms with Crippen LogP contribution in [0.4, 0.5) is 4.39 Å². The summed E-state index contributed by atoms with van der Waals surface area (Å²) >= 11 is 0. The first kappa shape index (κ1) is 15.8. The molecule has 2 aromatic heterocycles. The van der Waals surface area contributed by atoms with E-state index in [9.17, 15) is 9.18 Å². The zero-order chi connectivity index (χ0) is 16.9. The molecule has 1 atom stereocenters. The van der Waals surface area contributed by atoms with E-state index in [1.807, 2.05) is 6.07 Å². The summed E-state index contributed by atoms with van der Waals surface area (Å²) in [6, 6.07) is 9.49. The zero-order valence-corrected chi connectivity index (χ0v) is 13.0. The first-order chi connectivity index (χ1) is 11.6. The number of hydrogen-bond acceptors (Lipinski definition) is 4. The van der Waals surface area contributed by atoms with E-state index in [0.717, 1.165) is 5.56 Å². The highest BCUT2D eigenvalue weighted by Gasteiger charge is 2.16. The van der Waals surface area contributed by atoms with Crippen molar-refractivity contribution in [3.05, 3.63) is 66.0 Å². The smallest absolute Gasteiger partial charge is 0.225 e. The molecule has 0 aliphatic rings. The van der Waals surface area contributed by atoms with Crippen LogP contribution in [0.1, 0.15) is 24.4 Å². The topological polar surface area (TPSA) is 83.6 Å². The highest BCUT2D eigenvalue weighted by molar-refractivity contribution is 5.78. The van der Waals surface area contributed by atoms with E-state index >= 15 is 0 Å². The highest BCUT2D eigenvalue weighted by Crippen LogP contribution is 2.15. The number of nitrogens with zero attached hydrogens (tertiary/aromatic N) is 3. The third kappa shape index (κ3) is 3.62. The standard InChI is InChI=1S/C17H16FN5O/c1-11(20-15(24)9-12-5-2-3-7-14(12)18)16-21-17(23-22-16)13-6-4-8-19-10-13/h2-8,10-11H,9H2,1H3,(H,20,24)(H,21,22,23)/t11-/m1/s1. The van der Waals surface area contributed by atoms with Gasteiger partial charge >= 0.3 is 0 Å². The van der Waals surface area contributed by atoms with Crippen molar-refractivity contribution in [1.82, 2.24) is 25.5 Å². The molecule has 7 heteroatoms. The van der Waals surface area contributed by atoms with Crippen LogP contribution in [0.5, 0.6) is 0 Å². The molecule has 0 saturated heterocycles. The minimum atomic E-state index is -0.390. The average molecular weight is 325 g/mol. The van der Waals surface area contributed by atoms with Gasteiger partial charge in [0.15, 0.2) is 5.82 Å². The fraction of sp³-hybridized carbons (Fsp3) is 0.176. The molecule has 0 radical (unpaired) electrons. The van der Waals surface area contributed by atoms with E-state index in [1.165, 1.54) is 6.07 Å². The Labute approximate surface area is 138 Å². The lowest BCUT2D eigenvalue weighted by molar-refractivity contribution is -0.121. The van der Waals surface area contributed by atoms with E-state index < -0.39 is 0 Å². The van der Waals surface area contributed by atoms with Crippen LogP contribution < -0.4 is 5.32 Å². The van der Waals surface area contributed by atoms with Crippen LogP contribution in [0.25, 0.3) is 11.4 Å². The first-order valence-electron chi connectivity index (χ1n) is 7.49. The minimum Gasteiger partial charge on any atom is -0.346 e. The molecule has 0 spiro atoms. The number of benzene rings is 1. The number of nitrogens with one attached hydrogen (secondary N) is 2. The second-order valence-electron chi connectivity index (χ2n) is 5.34. The normalized spacial score (nSPS) is 11.9. The van der Waals surface area contributed by atoms with Crippen molar-refractivity contribution < 1.29 is 9.18 Å². The number of amides is 1. The van der Waals surface area contributed by atoms with Crippen molar-refractivity contribution >= 4 is 5.91 Å². The van der Waals surface area contributed by atoms with E-state index in [0.29, 0.717) is 17.2 Å². The van der Waals surface area contributed by atoms with Crippen LogP contribution >= 0.6 is 0 Å². The molecule has 0 unspecified atom stereocenters. The molecule has 0 fully saturated rings. The molecule has 24 heavy (non-hydrogen) atoms. The number of aromatic nitrogens is 4. The van der Waals surface area contributed by atoms with Crippen molar-refractivity contribution in [2.75, 3.05) is 0 Å². The van der Waals surface area contributed by atoms with Gasteiger partial charge in [-0.05, 0) is 30.7 Å². The predicted octanol–water partition coefficient (Wildman–Crippen LogP) is 2.43. The fourth-order valence-corrected chi connectivity index (χ4v) is 2.27. The molecule has 3 aromatic rings. The Hall–Kier alpha value is -3.09. The van der Waals surface area contributed by atoms with E-state index in [1.54, 1.807) is 43.6 Å². The highest BCUT2D eigenvalue weighted by atomic mass is 19.1. The summed E-state index contributed by atoms with van der Waals surface area (Å²) in [5.74, 6) is 0.356. The molecular weight excluding hydrogens is 309 g/mol. The summed E-state index contributed by atoms with van der Waals surface area (Å²) in [6.45, 7) is 1.78. The Morgan fingerprint density at radius 1 is 1.29 bits per heavy atom. The van der Waals surface area contributed by atoms with Crippen molar-refractivity contribution in [1.29, 1.82) is 0 Å². The van der Waals surface area contributed by atoms with Crippen molar-refractivity contribution in [3.8, 4) is 11.4 Å². The van der Waals surface area contributed by atoms with Crippen LogP contribution in [0.15, 0.2) is 48.8 Å². The minimum absolute atomic E-state index is 0.0272. The average Bonchev–Trinajstić information content (AvgIpc) is 3.08. The number of aromatic amines is 1. The van der Waals surface area contributed by atoms with Gasteiger partial charge in [-0.25, -0.2) is 9.37 Å². The molecule has 1 amide bonds. The number of carbonyl (C=O) groups excluding carboxylic acids is 1. The molecule has 2 heterocycles. The maximum atomic E-state index is 13.6. The van der Waals surface area contributed by atoms with Gasteiger partial charge in [0.1, 0.15) is 11.6 Å². The van der Waals surface area contributed by atoms with Crippen LogP contribution in [-0.4, -0.2) is 26.1 Å². The third-order valence-corrected chi connectivity index (χ3v) is 3.52. The van der Waals surface area contributed by atoms with Crippen molar-refractivity contribution in [2.45, 2.75) is 19.4 Å². The SMILES string of the molecule is C[C@@H](NC(=O)Cc1ccccc1F)c1nc(-c2cccnc2)n[nH]1. The maximum absolute atomic E-state index is 13.6. The molecule has 6 nitrogen and oxygen atoms in total. The van der Waals surface area contributed by atoms with E-state index in [2.05, 4.69) is 25.5 Å². The van der Waals surface area contributed by atoms with Gasteiger partial charge in [-0.15, -0.1) is 0 Å². The largest absolute Gasteiger partial charge is 0.346 e. The number of halogens is 1. The molecular formula is C17H16FN5O. The predicted molar refractivity (Wildman–Crippen MR) is 86.3 cm³/mol. The quantitative estimate of drug-likeness (QED) is 0.754. The Kier molecular flexibility index (Phi) is 4.60. The molecule has 1 aromatic carbocycles. The van der Waals surface area contributed by atoms with E-state index in [-0.39, 0.29) is 24.2 Å². The second kappa shape index (κ2) is 6.99. The van der Waals surface area contributed by atoms with Gasteiger partial charge in [0.05, 0.1) is 12.5 Å².